The fraction of sp³-hybridized carbons (Fsp3) is 0.227. The van der Waals surface area contributed by atoms with E-state index in [0.29, 0.717) is 17.0 Å². The summed E-state index contributed by atoms with van der Waals surface area (Å²) in [6, 6.07) is 8.40. The number of furan rings is 1. The van der Waals surface area contributed by atoms with Gasteiger partial charge in [-0.1, -0.05) is 6.07 Å². The van der Waals surface area contributed by atoms with E-state index in [4.69, 9.17) is 9.15 Å². The summed E-state index contributed by atoms with van der Waals surface area (Å²) in [6.07, 6.45) is 1.48. The number of ether oxygens (including phenoxy) is 1. The minimum Gasteiger partial charge on any atom is -0.496 e. The first-order valence-electron chi connectivity index (χ1n) is 8.63. The minimum atomic E-state index is -0.355. The van der Waals surface area contributed by atoms with E-state index in [1.165, 1.54) is 12.1 Å². The Bertz CT molecular complexity index is 1060. The third-order valence-corrected chi connectivity index (χ3v) is 4.71. The van der Waals surface area contributed by atoms with Gasteiger partial charge in [-0.05, 0) is 62.6 Å². The summed E-state index contributed by atoms with van der Waals surface area (Å²) < 4.78 is 24.9. The Morgan fingerprint density at radius 1 is 1.19 bits per heavy atom. The third-order valence-electron chi connectivity index (χ3n) is 4.71. The Hall–Kier alpha value is -3.08. The van der Waals surface area contributed by atoms with Crippen LogP contribution in [0.3, 0.4) is 0 Å². The molecule has 2 aromatic carbocycles. The van der Waals surface area contributed by atoms with E-state index in [0.717, 1.165) is 33.4 Å². The van der Waals surface area contributed by atoms with Gasteiger partial charge in [0, 0.05) is 28.8 Å². The summed E-state index contributed by atoms with van der Waals surface area (Å²) in [5, 5.41) is 3.67. The number of carbonyl (C=O) groups is 1. The number of carbonyl (C=O) groups excluding carboxylic acids is 1. The van der Waals surface area contributed by atoms with Crippen molar-refractivity contribution in [3.05, 3.63) is 64.7 Å². The average molecular weight is 367 g/mol. The maximum absolute atomic E-state index is 13.7. The van der Waals surface area contributed by atoms with Crippen LogP contribution in [0.25, 0.3) is 16.5 Å². The van der Waals surface area contributed by atoms with E-state index < -0.39 is 0 Å². The van der Waals surface area contributed by atoms with Gasteiger partial charge >= 0.3 is 0 Å². The van der Waals surface area contributed by atoms with Gasteiger partial charge in [0.05, 0.1) is 7.11 Å². The van der Waals surface area contributed by atoms with Gasteiger partial charge in [0.1, 0.15) is 22.9 Å². The Kier molecular flexibility index (Phi) is 5.04. The number of fused-ring (bicyclic) bond motifs is 1. The lowest BCUT2D eigenvalue weighted by Crippen LogP contribution is -2.09. The number of hydrogen-bond donors (Lipinski definition) is 1. The van der Waals surface area contributed by atoms with Crippen molar-refractivity contribution < 1.29 is 18.3 Å². The topological polar surface area (TPSA) is 51.5 Å². The van der Waals surface area contributed by atoms with Crippen molar-refractivity contribution >= 4 is 28.1 Å². The lowest BCUT2D eigenvalue weighted by Gasteiger charge is -2.10. The van der Waals surface area contributed by atoms with Crippen LogP contribution in [0, 0.1) is 26.6 Å². The first-order chi connectivity index (χ1) is 12.8. The van der Waals surface area contributed by atoms with Crippen LogP contribution in [-0.2, 0) is 4.79 Å². The summed E-state index contributed by atoms with van der Waals surface area (Å²) in [7, 11) is 1.58. The predicted molar refractivity (Wildman–Crippen MR) is 106 cm³/mol. The summed E-state index contributed by atoms with van der Waals surface area (Å²) in [5.41, 5.74) is 4.29. The predicted octanol–water partition coefficient (Wildman–Crippen LogP) is 5.55. The highest BCUT2D eigenvalue weighted by atomic mass is 19.1. The van der Waals surface area contributed by atoms with Crippen molar-refractivity contribution in [1.29, 1.82) is 0 Å². The van der Waals surface area contributed by atoms with Gasteiger partial charge in [-0.2, -0.15) is 0 Å². The zero-order valence-electron chi connectivity index (χ0n) is 16.1. The van der Waals surface area contributed by atoms with Crippen LogP contribution in [0.15, 0.2) is 40.8 Å². The Morgan fingerprint density at radius 3 is 2.59 bits per heavy atom. The van der Waals surface area contributed by atoms with Crippen LogP contribution in [0.1, 0.15) is 29.4 Å². The first kappa shape index (κ1) is 18.7. The lowest BCUT2D eigenvalue weighted by atomic mass is 10.0. The fourth-order valence-corrected chi connectivity index (χ4v) is 2.97. The molecular weight excluding hydrogens is 345 g/mol. The molecular formula is C22H22FNO3. The quantitative estimate of drug-likeness (QED) is 0.615. The van der Waals surface area contributed by atoms with Crippen LogP contribution in [-0.4, -0.2) is 13.0 Å². The summed E-state index contributed by atoms with van der Waals surface area (Å²) in [4.78, 5) is 12.4. The highest BCUT2D eigenvalue weighted by Gasteiger charge is 2.14. The summed E-state index contributed by atoms with van der Waals surface area (Å²) >= 11 is 0. The molecule has 0 aliphatic carbocycles. The molecule has 5 heteroatoms. The molecule has 3 aromatic rings. The summed E-state index contributed by atoms with van der Waals surface area (Å²) in [6.45, 7) is 7.42. The second-order valence-corrected chi connectivity index (χ2v) is 6.61. The van der Waals surface area contributed by atoms with Crippen molar-refractivity contribution in [2.75, 3.05) is 12.4 Å². The van der Waals surface area contributed by atoms with Crippen molar-refractivity contribution in [2.45, 2.75) is 27.7 Å². The SMILES string of the molecule is COc1cc2oc(C)c(C)c2cc1/C(C)=C/C(=O)Nc1ccc(C)c(F)c1. The third kappa shape index (κ3) is 3.72. The molecule has 0 bridgehead atoms. The molecule has 0 atom stereocenters. The Balaban J connectivity index is 1.93. The normalized spacial score (nSPS) is 11.7. The van der Waals surface area contributed by atoms with Crippen LogP contribution in [0.4, 0.5) is 10.1 Å². The number of methoxy groups -OCH3 is 1. The molecule has 0 aliphatic heterocycles. The molecule has 0 spiro atoms. The highest BCUT2D eigenvalue weighted by molar-refractivity contribution is 6.04. The second-order valence-electron chi connectivity index (χ2n) is 6.61. The van der Waals surface area contributed by atoms with Gasteiger partial charge in [0.15, 0.2) is 0 Å². The molecule has 140 valence electrons. The largest absolute Gasteiger partial charge is 0.496 e. The molecule has 0 unspecified atom stereocenters. The number of hydrogen-bond acceptors (Lipinski definition) is 3. The molecule has 1 heterocycles. The summed E-state index contributed by atoms with van der Waals surface area (Å²) in [5.74, 6) is 0.786. The van der Waals surface area contributed by atoms with Gasteiger partial charge in [-0.15, -0.1) is 0 Å². The van der Waals surface area contributed by atoms with Crippen LogP contribution >= 0.6 is 0 Å². The highest BCUT2D eigenvalue weighted by Crippen LogP contribution is 2.34. The molecule has 0 aliphatic rings. The van der Waals surface area contributed by atoms with E-state index >= 15 is 0 Å². The van der Waals surface area contributed by atoms with Gasteiger partial charge < -0.3 is 14.5 Å². The van der Waals surface area contributed by atoms with E-state index in [-0.39, 0.29) is 11.7 Å². The molecule has 4 nitrogen and oxygen atoms in total. The van der Waals surface area contributed by atoms with Crippen LogP contribution < -0.4 is 10.1 Å². The molecule has 1 aromatic heterocycles. The van der Waals surface area contributed by atoms with Crippen molar-refractivity contribution in [1.82, 2.24) is 0 Å². The van der Waals surface area contributed by atoms with Crippen LogP contribution in [0.5, 0.6) is 5.75 Å². The zero-order chi connectivity index (χ0) is 19.7. The number of rotatable bonds is 4. The van der Waals surface area contributed by atoms with E-state index in [1.54, 1.807) is 26.2 Å². The van der Waals surface area contributed by atoms with Crippen molar-refractivity contribution in [3.63, 3.8) is 0 Å². The second kappa shape index (κ2) is 7.27. The smallest absolute Gasteiger partial charge is 0.248 e. The van der Waals surface area contributed by atoms with Gasteiger partial charge in [0.2, 0.25) is 5.91 Å². The Labute approximate surface area is 157 Å². The van der Waals surface area contributed by atoms with E-state index in [2.05, 4.69) is 5.32 Å². The molecule has 0 saturated carbocycles. The maximum atomic E-state index is 13.7. The molecule has 3 rings (SSSR count). The van der Waals surface area contributed by atoms with Gasteiger partial charge in [-0.3, -0.25) is 4.79 Å². The first-order valence-corrected chi connectivity index (χ1v) is 8.63. The maximum Gasteiger partial charge on any atom is 0.248 e. The minimum absolute atomic E-state index is 0.335. The molecule has 0 radical (unpaired) electrons. The molecule has 0 fully saturated rings. The number of amides is 1. The lowest BCUT2D eigenvalue weighted by molar-refractivity contribution is -0.111. The van der Waals surface area contributed by atoms with Gasteiger partial charge in [-0.25, -0.2) is 4.39 Å². The van der Waals surface area contributed by atoms with Crippen LogP contribution in [0.2, 0.25) is 0 Å². The number of allylic oxidation sites excluding steroid dienone is 1. The molecule has 1 N–H and O–H groups in total. The van der Waals surface area contributed by atoms with Crippen molar-refractivity contribution in [3.8, 4) is 5.75 Å². The van der Waals surface area contributed by atoms with E-state index in [9.17, 15) is 9.18 Å². The Morgan fingerprint density at radius 2 is 1.93 bits per heavy atom. The average Bonchev–Trinajstić information content (AvgIpc) is 2.90. The number of nitrogens with one attached hydrogen (secondary N) is 1. The van der Waals surface area contributed by atoms with E-state index in [1.807, 2.05) is 32.9 Å². The fourth-order valence-electron chi connectivity index (χ4n) is 2.97. The molecule has 27 heavy (non-hydrogen) atoms. The number of anilines is 1. The zero-order valence-corrected chi connectivity index (χ0v) is 16.1. The number of benzene rings is 2. The standard InChI is InChI=1S/C22H22FNO3/c1-12-6-7-16(9-19(12)23)24-22(25)8-13(2)17-10-18-14(3)15(4)27-21(18)11-20(17)26-5/h6-11H,1-5H3,(H,24,25)/b13-8+. The molecule has 0 saturated heterocycles. The monoisotopic (exact) mass is 367 g/mol. The van der Waals surface area contributed by atoms with Gasteiger partial charge in [0.25, 0.3) is 0 Å². The number of aryl methyl sites for hydroxylation is 3. The van der Waals surface area contributed by atoms with Crippen molar-refractivity contribution in [2.24, 2.45) is 0 Å². The molecule has 1 amide bonds. The number of halogens is 1.